The Bertz CT molecular complexity index is 850. The van der Waals surface area contributed by atoms with Crippen LogP contribution in [-0.4, -0.2) is 44.1 Å². The van der Waals surface area contributed by atoms with E-state index in [9.17, 15) is 4.79 Å². The van der Waals surface area contributed by atoms with Crippen LogP contribution in [0.2, 0.25) is 0 Å². The Kier molecular flexibility index (Phi) is 7.70. The van der Waals surface area contributed by atoms with Crippen molar-refractivity contribution in [1.82, 2.24) is 5.06 Å². The standard InChI is InChI=1S/C25H31NO5/c1-26(31-18-19-7-3-2-4-8-19)25(27)21-10-11-22-20(17-21)12-15-28-23(22)13-16-30-24-9-5-6-14-29-24/h2-4,7-8,10-11,17,23-24H,5-6,9,12-16,18H2,1H3/t23-,24?/m0/s1. The zero-order valence-corrected chi connectivity index (χ0v) is 18.1. The molecule has 2 heterocycles. The van der Waals surface area contributed by atoms with E-state index in [2.05, 4.69) is 0 Å². The van der Waals surface area contributed by atoms with Crippen molar-refractivity contribution in [1.29, 1.82) is 0 Å². The molecule has 0 aliphatic carbocycles. The minimum absolute atomic E-state index is 0.0106. The lowest BCUT2D eigenvalue weighted by Crippen LogP contribution is -2.27. The van der Waals surface area contributed by atoms with Crippen molar-refractivity contribution >= 4 is 5.91 Å². The first-order valence-corrected chi connectivity index (χ1v) is 11.1. The van der Waals surface area contributed by atoms with Crippen molar-refractivity contribution < 1.29 is 23.8 Å². The first-order chi connectivity index (χ1) is 15.2. The average Bonchev–Trinajstić information content (AvgIpc) is 2.83. The summed E-state index contributed by atoms with van der Waals surface area (Å²) in [6.45, 7) is 2.39. The molecule has 1 unspecified atom stereocenters. The second-order valence-electron chi connectivity index (χ2n) is 8.04. The zero-order valence-electron chi connectivity index (χ0n) is 18.1. The molecule has 2 aliphatic rings. The lowest BCUT2D eigenvalue weighted by molar-refractivity contribution is -0.167. The van der Waals surface area contributed by atoms with E-state index in [1.165, 1.54) is 5.06 Å². The summed E-state index contributed by atoms with van der Waals surface area (Å²) in [5, 5.41) is 1.31. The van der Waals surface area contributed by atoms with Gasteiger partial charge in [0.05, 0.1) is 19.3 Å². The fourth-order valence-electron chi connectivity index (χ4n) is 4.04. The van der Waals surface area contributed by atoms with E-state index in [-0.39, 0.29) is 18.3 Å². The molecule has 31 heavy (non-hydrogen) atoms. The highest BCUT2D eigenvalue weighted by atomic mass is 16.7. The third-order valence-electron chi connectivity index (χ3n) is 5.80. The molecule has 2 aromatic carbocycles. The van der Waals surface area contributed by atoms with Gasteiger partial charge in [-0.2, -0.15) is 0 Å². The summed E-state index contributed by atoms with van der Waals surface area (Å²) in [7, 11) is 1.65. The summed E-state index contributed by atoms with van der Waals surface area (Å²) in [6.07, 6.45) is 4.73. The lowest BCUT2D eigenvalue weighted by Gasteiger charge is -2.28. The van der Waals surface area contributed by atoms with Crippen LogP contribution in [0.3, 0.4) is 0 Å². The van der Waals surface area contributed by atoms with Gasteiger partial charge in [0, 0.05) is 25.6 Å². The molecule has 1 saturated heterocycles. The molecule has 0 spiro atoms. The Balaban J connectivity index is 1.33. The Morgan fingerprint density at radius 2 is 1.97 bits per heavy atom. The SMILES string of the molecule is CN(OCc1ccccc1)C(=O)c1ccc2c(c1)CCO[C@H]2CCOC1CCCCO1. The van der Waals surface area contributed by atoms with Gasteiger partial charge in [-0.3, -0.25) is 9.63 Å². The topological polar surface area (TPSA) is 57.2 Å². The lowest BCUT2D eigenvalue weighted by atomic mass is 9.94. The second kappa shape index (κ2) is 10.9. The molecule has 2 aromatic rings. The first kappa shape index (κ1) is 22.0. The Morgan fingerprint density at radius 3 is 2.77 bits per heavy atom. The molecule has 0 N–H and O–H groups in total. The van der Waals surface area contributed by atoms with E-state index in [4.69, 9.17) is 19.0 Å². The number of carbonyl (C=O) groups is 1. The van der Waals surface area contributed by atoms with Crippen LogP contribution in [0.1, 0.15) is 58.8 Å². The number of amides is 1. The van der Waals surface area contributed by atoms with Gasteiger partial charge in [0.25, 0.3) is 5.91 Å². The third-order valence-corrected chi connectivity index (χ3v) is 5.80. The maximum absolute atomic E-state index is 12.8. The van der Waals surface area contributed by atoms with E-state index >= 15 is 0 Å². The number of nitrogens with zero attached hydrogens (tertiary/aromatic N) is 1. The second-order valence-corrected chi connectivity index (χ2v) is 8.04. The molecule has 1 amide bonds. The van der Waals surface area contributed by atoms with Crippen LogP contribution in [-0.2, 0) is 32.1 Å². The number of hydrogen-bond acceptors (Lipinski definition) is 5. The molecule has 0 bridgehead atoms. The molecule has 2 aliphatic heterocycles. The zero-order chi connectivity index (χ0) is 21.5. The molecular weight excluding hydrogens is 394 g/mol. The highest BCUT2D eigenvalue weighted by Gasteiger charge is 2.24. The van der Waals surface area contributed by atoms with Gasteiger partial charge >= 0.3 is 0 Å². The smallest absolute Gasteiger partial charge is 0.277 e. The van der Waals surface area contributed by atoms with Gasteiger partial charge in [-0.1, -0.05) is 36.4 Å². The Labute approximate surface area is 184 Å². The van der Waals surface area contributed by atoms with Crippen LogP contribution in [0.25, 0.3) is 0 Å². The van der Waals surface area contributed by atoms with Crippen molar-refractivity contribution in [3.05, 3.63) is 70.8 Å². The van der Waals surface area contributed by atoms with Crippen LogP contribution in [0.15, 0.2) is 48.5 Å². The normalized spacial score (nSPS) is 20.8. The number of fused-ring (bicyclic) bond motifs is 1. The molecule has 166 valence electrons. The monoisotopic (exact) mass is 425 g/mol. The number of ether oxygens (including phenoxy) is 3. The van der Waals surface area contributed by atoms with Crippen molar-refractivity contribution in [3.63, 3.8) is 0 Å². The van der Waals surface area contributed by atoms with Crippen LogP contribution >= 0.6 is 0 Å². The largest absolute Gasteiger partial charge is 0.373 e. The average molecular weight is 426 g/mol. The summed E-state index contributed by atoms with van der Waals surface area (Å²) >= 11 is 0. The van der Waals surface area contributed by atoms with E-state index in [0.717, 1.165) is 55.4 Å². The summed E-state index contributed by atoms with van der Waals surface area (Å²) in [5.74, 6) is -0.153. The van der Waals surface area contributed by atoms with Crippen molar-refractivity contribution in [3.8, 4) is 0 Å². The summed E-state index contributed by atoms with van der Waals surface area (Å²) < 4.78 is 17.5. The molecule has 1 fully saturated rings. The highest BCUT2D eigenvalue weighted by molar-refractivity contribution is 5.93. The third kappa shape index (κ3) is 5.92. The highest BCUT2D eigenvalue weighted by Crippen LogP contribution is 2.31. The molecular formula is C25H31NO5. The number of hydrogen-bond donors (Lipinski definition) is 0. The molecule has 0 radical (unpaired) electrons. The molecule has 0 aromatic heterocycles. The fraction of sp³-hybridized carbons (Fsp3) is 0.480. The predicted molar refractivity (Wildman–Crippen MR) is 116 cm³/mol. The van der Waals surface area contributed by atoms with E-state index < -0.39 is 0 Å². The van der Waals surface area contributed by atoms with E-state index in [1.54, 1.807) is 7.05 Å². The number of hydroxylamine groups is 2. The van der Waals surface area contributed by atoms with Crippen molar-refractivity contribution in [2.24, 2.45) is 0 Å². The number of rotatable bonds is 8. The van der Waals surface area contributed by atoms with Gasteiger partial charge < -0.3 is 14.2 Å². The molecule has 4 rings (SSSR count). The predicted octanol–water partition coefficient (Wildman–Crippen LogP) is 4.44. The minimum Gasteiger partial charge on any atom is -0.373 e. The Hall–Kier alpha value is -2.25. The molecule has 0 saturated carbocycles. The molecule has 2 atom stereocenters. The minimum atomic E-state index is -0.153. The van der Waals surface area contributed by atoms with Gasteiger partial charge in [-0.05, 0) is 54.5 Å². The number of carbonyl (C=O) groups excluding carboxylic acids is 1. The van der Waals surface area contributed by atoms with Crippen LogP contribution in [0.5, 0.6) is 0 Å². The quantitative estimate of drug-likeness (QED) is 0.586. The summed E-state index contributed by atoms with van der Waals surface area (Å²) in [6, 6.07) is 15.7. The van der Waals surface area contributed by atoms with E-state index in [1.807, 2.05) is 48.5 Å². The molecule has 6 nitrogen and oxygen atoms in total. The first-order valence-electron chi connectivity index (χ1n) is 11.1. The van der Waals surface area contributed by atoms with Crippen LogP contribution in [0, 0.1) is 0 Å². The Morgan fingerprint density at radius 1 is 1.10 bits per heavy atom. The van der Waals surface area contributed by atoms with Crippen LogP contribution in [0.4, 0.5) is 0 Å². The summed E-state index contributed by atoms with van der Waals surface area (Å²) in [4.78, 5) is 18.5. The maximum atomic E-state index is 12.8. The fourth-order valence-corrected chi connectivity index (χ4v) is 4.04. The summed E-state index contributed by atoms with van der Waals surface area (Å²) in [5.41, 5.74) is 3.95. The maximum Gasteiger partial charge on any atom is 0.277 e. The molecule has 6 heteroatoms. The van der Waals surface area contributed by atoms with Gasteiger partial charge in [0.1, 0.15) is 6.61 Å². The van der Waals surface area contributed by atoms with Crippen molar-refractivity contribution in [2.45, 2.75) is 51.1 Å². The van der Waals surface area contributed by atoms with Gasteiger partial charge in [0.2, 0.25) is 0 Å². The van der Waals surface area contributed by atoms with Gasteiger partial charge in [-0.25, -0.2) is 5.06 Å². The van der Waals surface area contributed by atoms with E-state index in [0.29, 0.717) is 25.4 Å². The van der Waals surface area contributed by atoms with Crippen LogP contribution < -0.4 is 0 Å². The number of benzene rings is 2. The van der Waals surface area contributed by atoms with Gasteiger partial charge in [0.15, 0.2) is 6.29 Å². The van der Waals surface area contributed by atoms with Gasteiger partial charge in [-0.15, -0.1) is 0 Å². The van der Waals surface area contributed by atoms with Crippen molar-refractivity contribution in [2.75, 3.05) is 26.9 Å².